The molecular formula is C18H21NO3. The van der Waals surface area contributed by atoms with Gasteiger partial charge in [-0.25, -0.2) is 5.06 Å². The third-order valence-corrected chi connectivity index (χ3v) is 3.63. The van der Waals surface area contributed by atoms with Gasteiger partial charge in [-0.3, -0.25) is 10.0 Å². The largest absolute Gasteiger partial charge is 0.486 e. The van der Waals surface area contributed by atoms with Gasteiger partial charge in [0.2, 0.25) is 5.91 Å². The van der Waals surface area contributed by atoms with Gasteiger partial charge in [0.25, 0.3) is 0 Å². The van der Waals surface area contributed by atoms with Crippen LogP contribution in [0.15, 0.2) is 54.6 Å². The van der Waals surface area contributed by atoms with Crippen LogP contribution in [0.25, 0.3) is 0 Å². The summed E-state index contributed by atoms with van der Waals surface area (Å²) in [5.74, 6) is 0.366. The van der Waals surface area contributed by atoms with Gasteiger partial charge in [0.1, 0.15) is 11.9 Å². The Bertz CT molecular complexity index is 610. The van der Waals surface area contributed by atoms with Crippen molar-refractivity contribution in [1.82, 2.24) is 5.06 Å². The minimum atomic E-state index is -0.391. The predicted molar refractivity (Wildman–Crippen MR) is 84.6 cm³/mol. The number of carbonyl (C=O) groups is 1. The standard InChI is InChI=1S/C18H21NO3/c1-13(19(21)15(3)20)16-9-11-18(12-10-16)22-14(2)17-7-5-4-6-8-17/h4-14,21H,1-3H3/t13-,14+/m1/s1. The minimum absolute atomic E-state index is 0.0453. The molecule has 0 aliphatic heterocycles. The zero-order chi connectivity index (χ0) is 16.1. The summed E-state index contributed by atoms with van der Waals surface area (Å²) < 4.78 is 5.90. The van der Waals surface area contributed by atoms with E-state index < -0.39 is 6.04 Å². The number of nitrogens with zero attached hydrogens (tertiary/aromatic N) is 1. The van der Waals surface area contributed by atoms with Crippen LogP contribution < -0.4 is 4.74 Å². The normalized spacial score (nSPS) is 13.3. The summed E-state index contributed by atoms with van der Waals surface area (Å²) in [6.45, 7) is 5.09. The summed E-state index contributed by atoms with van der Waals surface area (Å²) in [7, 11) is 0. The molecule has 2 aromatic carbocycles. The summed E-state index contributed by atoms with van der Waals surface area (Å²) in [5, 5.41) is 10.4. The molecule has 0 aromatic heterocycles. The molecule has 0 fully saturated rings. The van der Waals surface area contributed by atoms with Crippen LogP contribution in [-0.4, -0.2) is 16.2 Å². The van der Waals surface area contributed by atoms with Crippen LogP contribution in [0.4, 0.5) is 0 Å². The van der Waals surface area contributed by atoms with Gasteiger partial charge < -0.3 is 4.74 Å². The first kappa shape index (κ1) is 16.0. The van der Waals surface area contributed by atoms with Crippen molar-refractivity contribution in [3.05, 3.63) is 65.7 Å². The fourth-order valence-corrected chi connectivity index (χ4v) is 2.24. The van der Waals surface area contributed by atoms with Crippen molar-refractivity contribution in [3.63, 3.8) is 0 Å². The van der Waals surface area contributed by atoms with Gasteiger partial charge in [-0.2, -0.15) is 0 Å². The molecule has 0 aliphatic rings. The van der Waals surface area contributed by atoms with Crippen molar-refractivity contribution >= 4 is 5.91 Å². The maximum Gasteiger partial charge on any atom is 0.243 e. The molecule has 0 unspecified atom stereocenters. The van der Waals surface area contributed by atoms with E-state index in [2.05, 4.69) is 0 Å². The first-order chi connectivity index (χ1) is 10.5. The molecule has 2 atom stereocenters. The topological polar surface area (TPSA) is 49.8 Å². The number of hydrogen-bond donors (Lipinski definition) is 1. The van der Waals surface area contributed by atoms with Gasteiger partial charge in [0, 0.05) is 6.92 Å². The second kappa shape index (κ2) is 7.09. The number of ether oxygens (including phenoxy) is 1. The van der Waals surface area contributed by atoms with Gasteiger partial charge in [0.05, 0.1) is 6.04 Å². The maximum atomic E-state index is 11.2. The number of carbonyl (C=O) groups excluding carboxylic acids is 1. The van der Waals surface area contributed by atoms with Crippen LogP contribution in [0.1, 0.15) is 44.0 Å². The average molecular weight is 299 g/mol. The molecule has 22 heavy (non-hydrogen) atoms. The highest BCUT2D eigenvalue weighted by atomic mass is 16.5. The Morgan fingerprint density at radius 3 is 2.14 bits per heavy atom. The van der Waals surface area contributed by atoms with Crippen LogP contribution in [0.3, 0.4) is 0 Å². The van der Waals surface area contributed by atoms with Crippen molar-refractivity contribution < 1.29 is 14.7 Å². The maximum absolute atomic E-state index is 11.2. The summed E-state index contributed by atoms with van der Waals surface area (Å²) in [6.07, 6.45) is -0.0453. The van der Waals surface area contributed by atoms with Crippen molar-refractivity contribution in [2.75, 3.05) is 0 Å². The van der Waals surface area contributed by atoms with Gasteiger partial charge in [-0.05, 0) is 37.1 Å². The summed E-state index contributed by atoms with van der Waals surface area (Å²) in [5.41, 5.74) is 1.95. The molecule has 4 heteroatoms. The van der Waals surface area contributed by atoms with E-state index in [9.17, 15) is 10.0 Å². The zero-order valence-electron chi connectivity index (χ0n) is 13.1. The number of benzene rings is 2. The number of hydroxylamine groups is 2. The average Bonchev–Trinajstić information content (AvgIpc) is 2.55. The highest BCUT2D eigenvalue weighted by Gasteiger charge is 2.16. The Balaban J connectivity index is 2.04. The molecule has 1 amide bonds. The molecule has 0 bridgehead atoms. The highest BCUT2D eigenvalue weighted by molar-refractivity contribution is 5.72. The van der Waals surface area contributed by atoms with Gasteiger partial charge in [0.15, 0.2) is 0 Å². The highest BCUT2D eigenvalue weighted by Crippen LogP contribution is 2.25. The second-order valence-corrected chi connectivity index (χ2v) is 5.28. The molecule has 0 radical (unpaired) electrons. The molecule has 4 nitrogen and oxygen atoms in total. The molecule has 2 aromatic rings. The third-order valence-electron chi connectivity index (χ3n) is 3.63. The predicted octanol–water partition coefficient (Wildman–Crippen LogP) is 4.13. The van der Waals surface area contributed by atoms with E-state index in [1.165, 1.54) is 6.92 Å². The van der Waals surface area contributed by atoms with E-state index in [0.29, 0.717) is 0 Å². The lowest BCUT2D eigenvalue weighted by atomic mass is 10.1. The summed E-state index contributed by atoms with van der Waals surface area (Å²) in [4.78, 5) is 11.2. The lowest BCUT2D eigenvalue weighted by Gasteiger charge is -2.22. The van der Waals surface area contributed by atoms with Gasteiger partial charge in [-0.1, -0.05) is 42.5 Å². The molecular weight excluding hydrogens is 278 g/mol. The lowest BCUT2D eigenvalue weighted by Crippen LogP contribution is -2.27. The fourth-order valence-electron chi connectivity index (χ4n) is 2.24. The Kier molecular flexibility index (Phi) is 5.17. The number of rotatable bonds is 5. The lowest BCUT2D eigenvalue weighted by molar-refractivity contribution is -0.172. The van der Waals surface area contributed by atoms with Crippen LogP contribution >= 0.6 is 0 Å². The monoisotopic (exact) mass is 299 g/mol. The zero-order valence-corrected chi connectivity index (χ0v) is 13.1. The van der Waals surface area contributed by atoms with Crippen LogP contribution in [0.5, 0.6) is 5.75 Å². The minimum Gasteiger partial charge on any atom is -0.486 e. The summed E-state index contributed by atoms with van der Waals surface area (Å²) in [6, 6.07) is 17.0. The first-order valence-electron chi connectivity index (χ1n) is 7.29. The molecule has 0 saturated carbocycles. The van der Waals surface area contributed by atoms with E-state index in [1.54, 1.807) is 6.92 Å². The van der Waals surface area contributed by atoms with Crippen LogP contribution in [0.2, 0.25) is 0 Å². The number of hydrogen-bond acceptors (Lipinski definition) is 3. The molecule has 116 valence electrons. The van der Waals surface area contributed by atoms with Crippen molar-refractivity contribution in [2.45, 2.75) is 32.9 Å². The molecule has 0 saturated heterocycles. The second-order valence-electron chi connectivity index (χ2n) is 5.28. The molecule has 0 heterocycles. The van der Waals surface area contributed by atoms with E-state index in [1.807, 2.05) is 61.5 Å². The Morgan fingerprint density at radius 2 is 1.59 bits per heavy atom. The SMILES string of the molecule is CC(=O)N(O)[C@H](C)c1ccc(O[C@@H](C)c2ccccc2)cc1. The fraction of sp³-hybridized carbons (Fsp3) is 0.278. The van der Waals surface area contributed by atoms with E-state index in [4.69, 9.17) is 4.74 Å². The van der Waals surface area contributed by atoms with E-state index >= 15 is 0 Å². The molecule has 1 N–H and O–H groups in total. The van der Waals surface area contributed by atoms with Gasteiger partial charge >= 0.3 is 0 Å². The Labute approximate surface area is 130 Å². The van der Waals surface area contributed by atoms with Crippen molar-refractivity contribution in [2.24, 2.45) is 0 Å². The van der Waals surface area contributed by atoms with Crippen LogP contribution in [-0.2, 0) is 4.79 Å². The number of amides is 1. The quantitative estimate of drug-likeness (QED) is 0.667. The Hall–Kier alpha value is -2.33. The Morgan fingerprint density at radius 1 is 1.00 bits per heavy atom. The molecule has 0 aliphatic carbocycles. The van der Waals surface area contributed by atoms with E-state index in [-0.39, 0.29) is 12.0 Å². The van der Waals surface area contributed by atoms with Crippen LogP contribution in [0, 0.1) is 0 Å². The molecule has 0 spiro atoms. The van der Waals surface area contributed by atoms with E-state index in [0.717, 1.165) is 21.9 Å². The van der Waals surface area contributed by atoms with Crippen molar-refractivity contribution in [1.29, 1.82) is 0 Å². The third kappa shape index (κ3) is 3.86. The van der Waals surface area contributed by atoms with Gasteiger partial charge in [-0.15, -0.1) is 0 Å². The smallest absolute Gasteiger partial charge is 0.243 e. The summed E-state index contributed by atoms with van der Waals surface area (Å²) >= 11 is 0. The van der Waals surface area contributed by atoms with Crippen molar-refractivity contribution in [3.8, 4) is 5.75 Å². The first-order valence-corrected chi connectivity index (χ1v) is 7.29. The molecule has 2 rings (SSSR count).